The summed E-state index contributed by atoms with van der Waals surface area (Å²) in [7, 11) is -1.26. The van der Waals surface area contributed by atoms with E-state index in [4.69, 9.17) is 19.5 Å². The van der Waals surface area contributed by atoms with Gasteiger partial charge in [-0.15, -0.1) is 0 Å². The van der Waals surface area contributed by atoms with E-state index in [0.29, 0.717) is 12.2 Å². The second-order valence-electron chi connectivity index (χ2n) is 5.39. The molecule has 2 N–H and O–H groups in total. The summed E-state index contributed by atoms with van der Waals surface area (Å²) < 4.78 is 28.6. The van der Waals surface area contributed by atoms with E-state index in [2.05, 4.69) is 0 Å². The number of hydrogen-bond acceptors (Lipinski definition) is 6. The molecule has 6 nitrogen and oxygen atoms in total. The fourth-order valence-electron chi connectivity index (χ4n) is 2.01. The summed E-state index contributed by atoms with van der Waals surface area (Å²) >= 11 is 0. The Morgan fingerprint density at radius 1 is 1.50 bits per heavy atom. The van der Waals surface area contributed by atoms with Crippen LogP contribution in [0.3, 0.4) is 0 Å². The molecule has 1 aliphatic heterocycles. The molecule has 1 saturated heterocycles. The van der Waals surface area contributed by atoms with Crippen LogP contribution < -0.4 is 10.3 Å². The van der Waals surface area contributed by atoms with Crippen LogP contribution >= 0.6 is 7.60 Å². The fourth-order valence-corrected chi connectivity index (χ4v) is 3.42. The van der Waals surface area contributed by atoms with Crippen LogP contribution in [0.1, 0.15) is 12.5 Å². The largest absolute Gasteiger partial charge is 0.423 e. The molecule has 0 saturated carbocycles. The first kappa shape index (κ1) is 17.2. The molecule has 0 aliphatic carbocycles. The Morgan fingerprint density at radius 3 is 2.68 bits per heavy atom. The summed E-state index contributed by atoms with van der Waals surface area (Å²) in [5.74, 6) is 0.394. The van der Waals surface area contributed by atoms with E-state index in [0.717, 1.165) is 11.9 Å². The van der Waals surface area contributed by atoms with Gasteiger partial charge in [-0.05, 0) is 31.0 Å². The second kappa shape index (κ2) is 7.42. The van der Waals surface area contributed by atoms with Crippen LogP contribution in [0.5, 0.6) is 5.75 Å². The van der Waals surface area contributed by atoms with Crippen molar-refractivity contribution in [2.24, 2.45) is 5.73 Å². The monoisotopic (exact) mass is 325 g/mol. The van der Waals surface area contributed by atoms with Gasteiger partial charge in [-0.25, -0.2) is 4.57 Å². The maximum atomic E-state index is 12.4. The molecule has 0 radical (unpaired) electrons. The molecule has 1 heterocycles. The van der Waals surface area contributed by atoms with E-state index in [9.17, 15) is 9.36 Å². The molecular formula is C14H21BNO5P. The zero-order chi connectivity index (χ0) is 16.2. The van der Waals surface area contributed by atoms with Crippen LogP contribution in [0.2, 0.25) is 6.32 Å². The molecule has 0 spiro atoms. The van der Waals surface area contributed by atoms with Gasteiger partial charge in [0.25, 0.3) is 0 Å². The van der Waals surface area contributed by atoms with Crippen LogP contribution in [0.25, 0.3) is 0 Å². The number of carbonyl (C=O) groups excluding carboxylic acids is 1. The zero-order valence-electron chi connectivity index (χ0n) is 12.9. The summed E-state index contributed by atoms with van der Waals surface area (Å²) in [5.41, 5.74) is 6.64. The van der Waals surface area contributed by atoms with Crippen LogP contribution in [0, 0.1) is 0 Å². The second-order valence-corrected chi connectivity index (χ2v) is 7.31. The summed E-state index contributed by atoms with van der Waals surface area (Å²) in [4.78, 5) is 11.2. The SMILES string of the molecule is BC[C@H]1COP(=O)(Oc2ccc(C[C@H](N)C(C)=O)cc2)CO1. The van der Waals surface area contributed by atoms with E-state index in [1.165, 1.54) is 6.92 Å². The molecule has 1 aromatic rings. The Labute approximate surface area is 131 Å². The van der Waals surface area contributed by atoms with Crippen molar-refractivity contribution in [3.63, 3.8) is 0 Å². The number of benzene rings is 1. The van der Waals surface area contributed by atoms with E-state index >= 15 is 0 Å². The highest BCUT2D eigenvalue weighted by Gasteiger charge is 2.33. The van der Waals surface area contributed by atoms with Crippen molar-refractivity contribution in [1.82, 2.24) is 0 Å². The van der Waals surface area contributed by atoms with Gasteiger partial charge in [0.15, 0.2) is 6.35 Å². The highest BCUT2D eigenvalue weighted by molar-refractivity contribution is 7.54. The minimum absolute atomic E-state index is 0.0267. The van der Waals surface area contributed by atoms with Crippen LogP contribution in [-0.4, -0.2) is 38.7 Å². The molecule has 0 amide bonds. The van der Waals surface area contributed by atoms with E-state index in [1.807, 2.05) is 7.85 Å². The minimum atomic E-state index is -3.25. The Balaban J connectivity index is 1.94. The van der Waals surface area contributed by atoms with Gasteiger partial charge < -0.3 is 15.0 Å². The number of ketones is 1. The Morgan fingerprint density at radius 2 is 2.18 bits per heavy atom. The topological polar surface area (TPSA) is 87.9 Å². The molecule has 2 rings (SSSR count). The maximum absolute atomic E-state index is 12.4. The first-order valence-electron chi connectivity index (χ1n) is 7.31. The number of Topliss-reactive ketones (excluding diaryl/α,β-unsaturated/α-hetero) is 1. The van der Waals surface area contributed by atoms with Crippen molar-refractivity contribution < 1.29 is 23.1 Å². The fraction of sp³-hybridized carbons (Fsp3) is 0.500. The van der Waals surface area contributed by atoms with Crippen LogP contribution in [0.4, 0.5) is 0 Å². The molecule has 0 aromatic heterocycles. The van der Waals surface area contributed by atoms with Gasteiger partial charge in [0.1, 0.15) is 19.4 Å². The Hall–Kier alpha value is -1.14. The number of rotatable bonds is 6. The summed E-state index contributed by atoms with van der Waals surface area (Å²) in [6, 6.07) is 6.47. The van der Waals surface area contributed by atoms with E-state index in [-0.39, 0.29) is 24.8 Å². The van der Waals surface area contributed by atoms with Gasteiger partial charge in [-0.2, -0.15) is 0 Å². The maximum Gasteiger partial charge on any atom is 0.404 e. The smallest absolute Gasteiger partial charge is 0.404 e. The lowest BCUT2D eigenvalue weighted by Crippen LogP contribution is -2.30. The van der Waals surface area contributed by atoms with Crippen molar-refractivity contribution in [2.45, 2.75) is 31.8 Å². The average molecular weight is 325 g/mol. The van der Waals surface area contributed by atoms with Crippen molar-refractivity contribution in [2.75, 3.05) is 13.0 Å². The predicted octanol–water partition coefficient (Wildman–Crippen LogP) is 1.14. The number of carbonyl (C=O) groups is 1. The third kappa shape index (κ3) is 4.68. The lowest BCUT2D eigenvalue weighted by Gasteiger charge is -2.28. The summed E-state index contributed by atoms with van der Waals surface area (Å²) in [6.45, 7) is 1.75. The van der Waals surface area contributed by atoms with Crippen molar-refractivity contribution >= 4 is 21.2 Å². The standard InChI is InChI=1S/C14H21BNO5P/c1-10(17)14(16)6-11-2-4-12(5-3-11)21-22(18)9-19-13(7-15)8-20-22/h2-5,13-14H,6-9,15-16H2,1H3/t13-,14-,22?/m0/s1. The molecular weight excluding hydrogens is 304 g/mol. The first-order chi connectivity index (χ1) is 10.4. The van der Waals surface area contributed by atoms with Gasteiger partial charge >= 0.3 is 7.60 Å². The van der Waals surface area contributed by atoms with Gasteiger partial charge in [-0.3, -0.25) is 9.32 Å². The van der Waals surface area contributed by atoms with Crippen molar-refractivity contribution in [3.8, 4) is 5.75 Å². The zero-order valence-corrected chi connectivity index (χ0v) is 13.8. The van der Waals surface area contributed by atoms with E-state index < -0.39 is 13.6 Å². The highest BCUT2D eigenvalue weighted by Crippen LogP contribution is 2.50. The highest BCUT2D eigenvalue weighted by atomic mass is 31.2. The Bertz CT molecular complexity index is 553. The van der Waals surface area contributed by atoms with E-state index in [1.54, 1.807) is 24.3 Å². The molecule has 1 aromatic carbocycles. The molecule has 1 unspecified atom stereocenters. The molecule has 1 aliphatic rings. The molecule has 120 valence electrons. The van der Waals surface area contributed by atoms with Crippen LogP contribution in [-0.2, 0) is 25.0 Å². The third-order valence-corrected chi connectivity index (χ3v) is 5.02. The normalized spacial score (nSPS) is 26.4. The molecule has 8 heteroatoms. The van der Waals surface area contributed by atoms with Crippen molar-refractivity contribution in [1.29, 1.82) is 0 Å². The van der Waals surface area contributed by atoms with Gasteiger partial charge in [0, 0.05) is 0 Å². The van der Waals surface area contributed by atoms with Crippen LogP contribution in [0.15, 0.2) is 24.3 Å². The average Bonchev–Trinajstić information content (AvgIpc) is 2.50. The lowest BCUT2D eigenvalue weighted by molar-refractivity contribution is -0.118. The summed E-state index contributed by atoms with van der Waals surface area (Å²) in [6.07, 6.45) is 1.21. The molecule has 0 bridgehead atoms. The third-order valence-electron chi connectivity index (χ3n) is 3.53. The lowest BCUT2D eigenvalue weighted by atomic mass is 10.0. The predicted molar refractivity (Wildman–Crippen MR) is 86.1 cm³/mol. The number of hydrogen-bond donors (Lipinski definition) is 1. The number of nitrogens with two attached hydrogens (primary N) is 1. The van der Waals surface area contributed by atoms with Gasteiger partial charge in [0.2, 0.25) is 0 Å². The Kier molecular flexibility index (Phi) is 5.81. The van der Waals surface area contributed by atoms with Gasteiger partial charge in [-0.1, -0.05) is 18.5 Å². The molecule has 3 atom stereocenters. The number of ether oxygens (including phenoxy) is 1. The van der Waals surface area contributed by atoms with Crippen molar-refractivity contribution in [3.05, 3.63) is 29.8 Å². The minimum Gasteiger partial charge on any atom is -0.423 e. The molecule has 1 fully saturated rings. The molecule has 22 heavy (non-hydrogen) atoms. The first-order valence-corrected chi connectivity index (χ1v) is 9.04. The summed E-state index contributed by atoms with van der Waals surface area (Å²) in [5, 5.41) is 0. The van der Waals surface area contributed by atoms with Gasteiger partial charge in [0.05, 0.1) is 18.8 Å². The quantitative estimate of drug-likeness (QED) is 0.623.